The quantitative estimate of drug-likeness (QED) is 0.126. The van der Waals surface area contributed by atoms with Crippen LogP contribution in [0.1, 0.15) is 26.5 Å². The van der Waals surface area contributed by atoms with Crippen LogP contribution >= 0.6 is 35.1 Å². The van der Waals surface area contributed by atoms with E-state index in [0.717, 1.165) is 75.2 Å². The van der Waals surface area contributed by atoms with Crippen LogP contribution in [-0.4, -0.2) is 75.0 Å². The summed E-state index contributed by atoms with van der Waals surface area (Å²) in [7, 11) is 0. The number of phenolic OH excluding ortho intramolecular Hbond substituents is 1. The molecule has 0 aliphatic carbocycles. The molecule has 13 nitrogen and oxygen atoms in total. The Morgan fingerprint density at radius 1 is 0.981 bits per heavy atom. The molecule has 0 spiro atoms. The first kappa shape index (κ1) is 36.8. The third-order valence-corrected chi connectivity index (χ3v) is 10.0. The van der Waals surface area contributed by atoms with Crippen molar-refractivity contribution < 1.29 is 23.9 Å². The van der Waals surface area contributed by atoms with Gasteiger partial charge >= 0.3 is 6.03 Å². The number of hydrogen-bond acceptors (Lipinski definition) is 12. The van der Waals surface area contributed by atoms with E-state index in [1.807, 2.05) is 57.3 Å². The van der Waals surface area contributed by atoms with Crippen LogP contribution < -0.4 is 21.1 Å². The average Bonchev–Trinajstić information content (AvgIpc) is 3.89. The molecule has 1 aliphatic rings. The second kappa shape index (κ2) is 15.8. The van der Waals surface area contributed by atoms with Gasteiger partial charge in [0.15, 0.2) is 15.9 Å². The molecule has 52 heavy (non-hydrogen) atoms. The van der Waals surface area contributed by atoms with E-state index in [4.69, 9.17) is 29.8 Å². The lowest BCUT2D eigenvalue weighted by Crippen LogP contribution is -2.38. The summed E-state index contributed by atoms with van der Waals surface area (Å²) in [5.41, 5.74) is 9.62. The lowest BCUT2D eigenvalue weighted by Gasteiger charge is -2.26. The number of amides is 2. The number of nitrogen functional groups attached to an aromatic ring is 1. The largest absolute Gasteiger partial charge is 0.508 e. The van der Waals surface area contributed by atoms with E-state index < -0.39 is 0 Å². The van der Waals surface area contributed by atoms with Crippen LogP contribution in [0.5, 0.6) is 11.5 Å². The van der Waals surface area contributed by atoms with Crippen molar-refractivity contribution in [3.05, 3.63) is 78.7 Å². The molecule has 16 heteroatoms. The first-order chi connectivity index (χ1) is 24.6. The van der Waals surface area contributed by atoms with Crippen LogP contribution in [0.2, 0.25) is 0 Å². The van der Waals surface area contributed by atoms with Crippen LogP contribution in [0.4, 0.5) is 21.4 Å². The van der Waals surface area contributed by atoms with Gasteiger partial charge in [0.1, 0.15) is 23.9 Å². The number of morpholine rings is 1. The average molecular weight is 763 g/mol. The Balaban J connectivity index is 0.000000329. The van der Waals surface area contributed by atoms with E-state index in [1.54, 1.807) is 35.6 Å². The van der Waals surface area contributed by atoms with Gasteiger partial charge in [-0.05, 0) is 42.5 Å². The van der Waals surface area contributed by atoms with Crippen LogP contribution in [0.3, 0.4) is 0 Å². The molecule has 0 unspecified atom stereocenters. The standard InChI is InChI=1S/C29H32N6O4S.C7H6N2OS.ClH/c1-29(2,3)25-17-26(33-39-25)32-27(36)30-20-6-4-19(5-7-20)22-18-35-23-9-8-21(16-24(23)40-28(35)31-22)38-15-12-34-10-13-37-14-11-34;8-7-9-5-3-4(10)1-2-6(5)11-7;/h4-9,16-18H,10-15H2,1-3H3,(H2,30,32,33,36);1-3,10H,(H2,8,9);1H. The topological polar surface area (TPSA) is 165 Å². The Kier molecular flexibility index (Phi) is 11.2. The van der Waals surface area contributed by atoms with Crippen molar-refractivity contribution in [3.8, 4) is 22.8 Å². The molecule has 0 radical (unpaired) electrons. The number of rotatable bonds is 7. The molecule has 0 saturated carbocycles. The number of nitrogens with one attached hydrogen (secondary N) is 2. The molecule has 5 heterocycles. The van der Waals surface area contributed by atoms with E-state index in [9.17, 15) is 4.79 Å². The molecular formula is C36H39ClN8O5S2. The summed E-state index contributed by atoms with van der Waals surface area (Å²) >= 11 is 3.05. The number of nitrogens with two attached hydrogens (primary N) is 1. The number of halogens is 1. The van der Waals surface area contributed by atoms with Crippen LogP contribution in [0.15, 0.2) is 77.4 Å². The van der Waals surface area contributed by atoms with Crippen molar-refractivity contribution >= 4 is 83.1 Å². The van der Waals surface area contributed by atoms with E-state index in [-0.39, 0.29) is 29.6 Å². The highest BCUT2D eigenvalue weighted by molar-refractivity contribution is 7.23. The zero-order valence-electron chi connectivity index (χ0n) is 28.8. The SMILES string of the molecule is CC(C)(C)c1cc(NC(=O)Nc2ccc(-c3cn4c(n3)sc3cc(OCCN5CCOCC5)ccc34)cc2)no1.Cl.Nc1nc2cc(O)ccc2s1. The Morgan fingerprint density at radius 3 is 2.52 bits per heavy atom. The number of urea groups is 1. The fourth-order valence-corrected chi connectivity index (χ4v) is 7.20. The van der Waals surface area contributed by atoms with Crippen LogP contribution in [0.25, 0.3) is 36.7 Å². The molecule has 1 saturated heterocycles. The number of carbonyl (C=O) groups is 1. The summed E-state index contributed by atoms with van der Waals surface area (Å²) < 4.78 is 21.0. The molecule has 3 aromatic carbocycles. The Labute approximate surface area is 313 Å². The number of ether oxygens (including phenoxy) is 2. The van der Waals surface area contributed by atoms with Gasteiger partial charge in [0, 0.05) is 54.6 Å². The van der Waals surface area contributed by atoms with E-state index in [2.05, 4.69) is 42.2 Å². The molecule has 0 atom stereocenters. The number of imidazole rings is 1. The number of carbonyl (C=O) groups excluding carboxylic acids is 1. The van der Waals surface area contributed by atoms with Gasteiger partial charge in [-0.15, -0.1) is 12.4 Å². The number of benzene rings is 3. The monoisotopic (exact) mass is 762 g/mol. The lowest BCUT2D eigenvalue weighted by molar-refractivity contribution is 0.0322. The van der Waals surface area contributed by atoms with Crippen molar-refractivity contribution in [2.24, 2.45) is 0 Å². The first-order valence-corrected chi connectivity index (χ1v) is 18.1. The second-order valence-electron chi connectivity index (χ2n) is 13.0. The normalized spacial score (nSPS) is 13.4. The number of nitrogens with zero attached hydrogens (tertiary/aromatic N) is 5. The van der Waals surface area contributed by atoms with Crippen LogP contribution in [-0.2, 0) is 10.2 Å². The molecule has 5 N–H and O–H groups in total. The number of aromatic hydroxyl groups is 1. The zero-order chi connectivity index (χ0) is 35.5. The van der Waals surface area contributed by atoms with Crippen molar-refractivity contribution in [3.63, 3.8) is 0 Å². The fraction of sp³-hybridized carbons (Fsp3) is 0.278. The van der Waals surface area contributed by atoms with Crippen molar-refractivity contribution in [1.82, 2.24) is 24.4 Å². The van der Waals surface area contributed by atoms with Crippen molar-refractivity contribution in [1.29, 1.82) is 0 Å². The van der Waals surface area contributed by atoms with E-state index in [1.165, 1.54) is 11.3 Å². The summed E-state index contributed by atoms with van der Waals surface area (Å²) in [5, 5.41) is 19.0. The van der Waals surface area contributed by atoms with E-state index in [0.29, 0.717) is 29.0 Å². The zero-order valence-corrected chi connectivity index (χ0v) is 31.2. The first-order valence-electron chi connectivity index (χ1n) is 16.4. The molecule has 8 rings (SSSR count). The van der Waals surface area contributed by atoms with Gasteiger partial charge in [-0.1, -0.05) is 60.7 Å². The van der Waals surface area contributed by atoms with Gasteiger partial charge in [0.05, 0.1) is 39.3 Å². The van der Waals surface area contributed by atoms with Gasteiger partial charge in [-0.2, -0.15) is 0 Å². The maximum atomic E-state index is 12.4. The minimum absolute atomic E-state index is 0. The molecule has 0 bridgehead atoms. The molecule has 2 amide bonds. The predicted molar refractivity (Wildman–Crippen MR) is 210 cm³/mol. The highest BCUT2D eigenvalue weighted by Crippen LogP contribution is 2.32. The second-order valence-corrected chi connectivity index (χ2v) is 15.1. The van der Waals surface area contributed by atoms with E-state index >= 15 is 0 Å². The molecular weight excluding hydrogens is 724 g/mol. The molecule has 272 valence electrons. The third-order valence-electron chi connectivity index (χ3n) is 8.16. The smallest absolute Gasteiger partial charge is 0.324 e. The van der Waals surface area contributed by atoms with Gasteiger partial charge in [-0.3, -0.25) is 14.6 Å². The van der Waals surface area contributed by atoms with Crippen LogP contribution in [0, 0.1) is 0 Å². The molecule has 4 aromatic heterocycles. The number of thiazole rings is 2. The van der Waals surface area contributed by atoms with Gasteiger partial charge in [0.2, 0.25) is 0 Å². The van der Waals surface area contributed by atoms with Gasteiger partial charge in [-0.25, -0.2) is 14.8 Å². The molecule has 1 aliphatic heterocycles. The maximum Gasteiger partial charge on any atom is 0.324 e. The highest BCUT2D eigenvalue weighted by Gasteiger charge is 2.20. The highest BCUT2D eigenvalue weighted by atomic mass is 35.5. The minimum Gasteiger partial charge on any atom is -0.508 e. The number of fused-ring (bicyclic) bond motifs is 4. The Hall–Kier alpha value is -4.93. The Bertz CT molecular complexity index is 2290. The molecule has 1 fully saturated rings. The predicted octanol–water partition coefficient (Wildman–Crippen LogP) is 7.86. The Morgan fingerprint density at radius 2 is 1.77 bits per heavy atom. The molecule has 7 aromatic rings. The number of aromatic nitrogens is 4. The summed E-state index contributed by atoms with van der Waals surface area (Å²) in [6, 6.07) is 20.1. The van der Waals surface area contributed by atoms with Crippen molar-refractivity contribution in [2.75, 3.05) is 55.8 Å². The maximum absolute atomic E-state index is 12.4. The number of phenols is 1. The lowest BCUT2D eigenvalue weighted by atomic mass is 9.93. The van der Waals surface area contributed by atoms with Gasteiger partial charge in [0.25, 0.3) is 0 Å². The summed E-state index contributed by atoms with van der Waals surface area (Å²) in [4.78, 5) is 24.6. The summed E-state index contributed by atoms with van der Waals surface area (Å²) in [5.74, 6) is 2.17. The van der Waals surface area contributed by atoms with Crippen molar-refractivity contribution in [2.45, 2.75) is 26.2 Å². The summed E-state index contributed by atoms with van der Waals surface area (Å²) in [6.45, 7) is 11.1. The summed E-state index contributed by atoms with van der Waals surface area (Å²) in [6.07, 6.45) is 2.04. The fourth-order valence-electron chi connectivity index (χ4n) is 5.45. The third kappa shape index (κ3) is 8.74. The number of hydrogen-bond donors (Lipinski definition) is 4. The minimum atomic E-state index is -0.389. The van der Waals surface area contributed by atoms with Gasteiger partial charge < -0.3 is 30.2 Å². The number of anilines is 3.